The van der Waals surface area contributed by atoms with Crippen LogP contribution in [-0.2, 0) is 11.2 Å². The quantitative estimate of drug-likeness (QED) is 0.270. The van der Waals surface area contributed by atoms with E-state index in [4.69, 9.17) is 16.3 Å². The van der Waals surface area contributed by atoms with Gasteiger partial charge in [0.1, 0.15) is 5.75 Å². The lowest BCUT2D eigenvalue weighted by atomic mass is 10.1. The summed E-state index contributed by atoms with van der Waals surface area (Å²) in [6, 6.07) is 5.14. The van der Waals surface area contributed by atoms with Gasteiger partial charge in [-0.1, -0.05) is 0 Å². The van der Waals surface area contributed by atoms with Crippen LogP contribution in [0.2, 0.25) is 0 Å². The molecule has 0 bridgehead atoms. The van der Waals surface area contributed by atoms with Gasteiger partial charge in [0.25, 0.3) is 0 Å². The first-order valence-corrected chi connectivity index (χ1v) is 4.09. The van der Waals surface area contributed by atoms with Crippen molar-refractivity contribution in [2.24, 2.45) is 5.84 Å². The molecule has 0 fully saturated rings. The fourth-order valence-corrected chi connectivity index (χ4v) is 1.09. The van der Waals surface area contributed by atoms with Crippen LogP contribution in [0.15, 0.2) is 18.2 Å². The largest absolute Gasteiger partial charge is 0.497 e. The molecule has 0 aliphatic rings. The number of ether oxygens (including phenoxy) is 1. The summed E-state index contributed by atoms with van der Waals surface area (Å²) in [7, 11) is 1.55. The molecular weight excluding hydrogens is 182 g/mol. The summed E-state index contributed by atoms with van der Waals surface area (Å²) in [5, 5.41) is 0. The number of carbonyl (C=O) groups is 1. The second-order valence-corrected chi connectivity index (χ2v) is 2.81. The molecule has 1 rings (SSSR count). The van der Waals surface area contributed by atoms with Gasteiger partial charge in [0.15, 0.2) is 0 Å². The van der Waals surface area contributed by atoms with E-state index in [-0.39, 0.29) is 12.3 Å². The van der Waals surface area contributed by atoms with E-state index in [0.717, 1.165) is 0 Å². The minimum atomic E-state index is -0.287. The second kappa shape index (κ2) is 4.48. The van der Waals surface area contributed by atoms with E-state index in [2.05, 4.69) is 0 Å². The minimum Gasteiger partial charge on any atom is -0.497 e. The molecule has 1 aromatic rings. The van der Waals surface area contributed by atoms with Gasteiger partial charge in [-0.3, -0.25) is 10.2 Å². The van der Waals surface area contributed by atoms with E-state index in [1.165, 1.54) is 0 Å². The molecule has 0 saturated carbocycles. The van der Waals surface area contributed by atoms with E-state index < -0.39 is 0 Å². The molecule has 0 aliphatic heterocycles. The van der Waals surface area contributed by atoms with Crippen molar-refractivity contribution in [1.82, 2.24) is 5.43 Å². The predicted molar refractivity (Wildman–Crippen MR) is 53.4 cm³/mol. The molecule has 0 saturated heterocycles. The SMILES string of the molecule is COc1ccc(N)c(CC(=O)NN)c1. The Bertz CT molecular complexity index is 339. The van der Waals surface area contributed by atoms with Crippen LogP contribution < -0.4 is 21.7 Å². The second-order valence-electron chi connectivity index (χ2n) is 2.81. The monoisotopic (exact) mass is 195 g/mol. The van der Waals surface area contributed by atoms with Gasteiger partial charge in [-0.05, 0) is 23.8 Å². The summed E-state index contributed by atoms with van der Waals surface area (Å²) in [6.07, 6.45) is 0.152. The number of nitrogen functional groups attached to an aromatic ring is 1. The van der Waals surface area contributed by atoms with Gasteiger partial charge in [-0.2, -0.15) is 0 Å². The summed E-state index contributed by atoms with van der Waals surface area (Å²) in [6.45, 7) is 0. The molecule has 14 heavy (non-hydrogen) atoms. The van der Waals surface area contributed by atoms with E-state index in [9.17, 15) is 4.79 Å². The molecule has 1 amide bonds. The Hall–Kier alpha value is -1.75. The maximum absolute atomic E-state index is 11.0. The zero-order valence-corrected chi connectivity index (χ0v) is 7.91. The highest BCUT2D eigenvalue weighted by molar-refractivity contribution is 5.79. The first kappa shape index (κ1) is 10.3. The molecule has 0 aliphatic carbocycles. The van der Waals surface area contributed by atoms with Crippen molar-refractivity contribution >= 4 is 11.6 Å². The van der Waals surface area contributed by atoms with Gasteiger partial charge >= 0.3 is 0 Å². The lowest BCUT2D eigenvalue weighted by Crippen LogP contribution is -2.31. The molecule has 0 heterocycles. The Morgan fingerprint density at radius 1 is 1.57 bits per heavy atom. The number of rotatable bonds is 3. The summed E-state index contributed by atoms with van der Waals surface area (Å²) in [5.74, 6) is 5.35. The number of amides is 1. The first-order chi connectivity index (χ1) is 6.67. The fraction of sp³-hybridized carbons (Fsp3) is 0.222. The Morgan fingerprint density at radius 3 is 2.86 bits per heavy atom. The number of benzene rings is 1. The van der Waals surface area contributed by atoms with Crippen LogP contribution in [0.3, 0.4) is 0 Å². The highest BCUT2D eigenvalue weighted by atomic mass is 16.5. The lowest BCUT2D eigenvalue weighted by molar-refractivity contribution is -0.120. The van der Waals surface area contributed by atoms with Crippen molar-refractivity contribution in [1.29, 1.82) is 0 Å². The fourth-order valence-electron chi connectivity index (χ4n) is 1.09. The molecule has 0 aromatic heterocycles. The smallest absolute Gasteiger partial charge is 0.238 e. The van der Waals surface area contributed by atoms with Gasteiger partial charge in [0.05, 0.1) is 13.5 Å². The molecule has 5 N–H and O–H groups in total. The van der Waals surface area contributed by atoms with Crippen LogP contribution in [0, 0.1) is 0 Å². The number of hydrazine groups is 1. The summed E-state index contributed by atoms with van der Waals surface area (Å²) in [5.41, 5.74) is 8.97. The molecular formula is C9H13N3O2. The van der Waals surface area contributed by atoms with Gasteiger partial charge in [0.2, 0.25) is 5.91 Å². The van der Waals surface area contributed by atoms with Crippen molar-refractivity contribution < 1.29 is 9.53 Å². The maximum Gasteiger partial charge on any atom is 0.238 e. The average molecular weight is 195 g/mol. The van der Waals surface area contributed by atoms with Crippen LogP contribution in [0.4, 0.5) is 5.69 Å². The topological polar surface area (TPSA) is 90.4 Å². The Kier molecular flexibility index (Phi) is 3.30. The van der Waals surface area contributed by atoms with Gasteiger partial charge < -0.3 is 10.5 Å². The molecule has 0 atom stereocenters. The Balaban J connectivity index is 2.89. The van der Waals surface area contributed by atoms with E-state index in [1.807, 2.05) is 5.43 Å². The third kappa shape index (κ3) is 2.37. The van der Waals surface area contributed by atoms with Gasteiger partial charge in [-0.25, -0.2) is 5.84 Å². The highest BCUT2D eigenvalue weighted by Gasteiger charge is 2.06. The highest BCUT2D eigenvalue weighted by Crippen LogP contribution is 2.19. The van der Waals surface area contributed by atoms with Crippen LogP contribution >= 0.6 is 0 Å². The standard InChI is InChI=1S/C9H13N3O2/c1-14-7-2-3-8(10)6(4-7)5-9(13)12-11/h2-4H,5,10-11H2,1H3,(H,12,13). The molecule has 5 heteroatoms. The van der Waals surface area contributed by atoms with Crippen molar-refractivity contribution in [3.63, 3.8) is 0 Å². The van der Waals surface area contributed by atoms with Gasteiger partial charge in [0, 0.05) is 5.69 Å². The maximum atomic E-state index is 11.0. The van der Waals surface area contributed by atoms with E-state index in [0.29, 0.717) is 17.0 Å². The zero-order chi connectivity index (χ0) is 10.6. The van der Waals surface area contributed by atoms with Crippen LogP contribution in [0.5, 0.6) is 5.75 Å². The van der Waals surface area contributed by atoms with Crippen molar-refractivity contribution in [3.8, 4) is 5.75 Å². The number of carbonyl (C=O) groups excluding carboxylic acids is 1. The molecule has 1 aromatic carbocycles. The van der Waals surface area contributed by atoms with Crippen molar-refractivity contribution in [2.75, 3.05) is 12.8 Å². The van der Waals surface area contributed by atoms with E-state index in [1.54, 1.807) is 25.3 Å². The van der Waals surface area contributed by atoms with Crippen molar-refractivity contribution in [3.05, 3.63) is 23.8 Å². The summed E-state index contributed by atoms with van der Waals surface area (Å²) < 4.78 is 5.01. The Labute approximate surface area is 82.0 Å². The molecule has 0 spiro atoms. The van der Waals surface area contributed by atoms with Gasteiger partial charge in [-0.15, -0.1) is 0 Å². The normalized spacial score (nSPS) is 9.57. The third-order valence-corrected chi connectivity index (χ3v) is 1.86. The van der Waals surface area contributed by atoms with Crippen LogP contribution in [0.1, 0.15) is 5.56 Å². The predicted octanol–water partition coefficient (Wildman–Crippen LogP) is -0.190. The third-order valence-electron chi connectivity index (χ3n) is 1.86. The Morgan fingerprint density at radius 2 is 2.29 bits per heavy atom. The number of nitrogens with one attached hydrogen (secondary N) is 1. The number of hydrogen-bond acceptors (Lipinski definition) is 4. The number of anilines is 1. The number of nitrogens with two attached hydrogens (primary N) is 2. The first-order valence-electron chi connectivity index (χ1n) is 4.09. The zero-order valence-electron chi connectivity index (χ0n) is 7.91. The van der Waals surface area contributed by atoms with E-state index >= 15 is 0 Å². The van der Waals surface area contributed by atoms with Crippen molar-refractivity contribution in [2.45, 2.75) is 6.42 Å². The molecule has 5 nitrogen and oxygen atoms in total. The minimum absolute atomic E-state index is 0.152. The molecule has 0 radical (unpaired) electrons. The summed E-state index contributed by atoms with van der Waals surface area (Å²) in [4.78, 5) is 11.0. The number of hydrogen-bond donors (Lipinski definition) is 3. The molecule has 76 valence electrons. The summed E-state index contributed by atoms with van der Waals surface area (Å²) >= 11 is 0. The van der Waals surface area contributed by atoms with Crippen LogP contribution in [0.25, 0.3) is 0 Å². The lowest BCUT2D eigenvalue weighted by Gasteiger charge is -2.06. The van der Waals surface area contributed by atoms with Crippen LogP contribution in [-0.4, -0.2) is 13.0 Å². The number of methoxy groups -OCH3 is 1. The molecule has 0 unspecified atom stereocenters. The average Bonchev–Trinajstić information content (AvgIpc) is 2.21.